The molecule has 0 bridgehead atoms. The molecule has 1 aromatic heterocycles. The maximum atomic E-state index is 13.2. The molecule has 2 nitrogen and oxygen atoms in total. The van der Waals surface area contributed by atoms with Crippen LogP contribution >= 0.6 is 0 Å². The van der Waals surface area contributed by atoms with E-state index in [9.17, 15) is 4.39 Å². The van der Waals surface area contributed by atoms with Crippen LogP contribution in [-0.2, 0) is 0 Å². The fourth-order valence-corrected chi connectivity index (χ4v) is 2.05. The lowest BCUT2D eigenvalue weighted by Crippen LogP contribution is -1.90. The highest BCUT2D eigenvalue weighted by Gasteiger charge is 2.13. The zero-order valence-corrected chi connectivity index (χ0v) is 10.6. The second kappa shape index (κ2) is 4.32. The Kier molecular flexibility index (Phi) is 3.01. The number of benzene rings is 1. The number of hydrogen-bond acceptors (Lipinski definition) is 1. The van der Waals surface area contributed by atoms with Crippen LogP contribution in [0.15, 0.2) is 18.2 Å². The van der Waals surface area contributed by atoms with Gasteiger partial charge >= 0.3 is 0 Å². The van der Waals surface area contributed by atoms with Crippen molar-refractivity contribution in [1.29, 1.82) is 0 Å². The fourth-order valence-electron chi connectivity index (χ4n) is 2.05. The van der Waals surface area contributed by atoms with Gasteiger partial charge in [0.25, 0.3) is 0 Å². The highest BCUT2D eigenvalue weighted by atomic mass is 19.1. The Morgan fingerprint density at radius 3 is 2.47 bits per heavy atom. The first kappa shape index (κ1) is 11.8. The van der Waals surface area contributed by atoms with E-state index in [4.69, 9.17) is 0 Å². The average molecular weight is 232 g/mol. The van der Waals surface area contributed by atoms with Crippen LogP contribution in [0, 0.1) is 19.7 Å². The zero-order chi connectivity index (χ0) is 12.6. The van der Waals surface area contributed by atoms with Gasteiger partial charge in [0.05, 0.1) is 5.69 Å². The fraction of sp³-hybridized carbons (Fsp3) is 0.357. The summed E-state index contributed by atoms with van der Waals surface area (Å²) in [7, 11) is 0. The van der Waals surface area contributed by atoms with Crippen LogP contribution < -0.4 is 0 Å². The minimum atomic E-state index is -0.175. The molecule has 3 heteroatoms. The number of aromatic amines is 1. The first-order valence-electron chi connectivity index (χ1n) is 5.82. The zero-order valence-electron chi connectivity index (χ0n) is 10.6. The van der Waals surface area contributed by atoms with Crippen LogP contribution in [0.2, 0.25) is 0 Å². The molecule has 0 fully saturated rings. The molecular formula is C14H17FN2. The molecule has 0 amide bonds. The first-order valence-corrected chi connectivity index (χ1v) is 5.82. The largest absolute Gasteiger partial charge is 0.281 e. The number of H-pyrrole nitrogens is 1. The van der Waals surface area contributed by atoms with E-state index in [1.165, 1.54) is 6.07 Å². The van der Waals surface area contributed by atoms with Gasteiger partial charge < -0.3 is 0 Å². The highest BCUT2D eigenvalue weighted by Crippen LogP contribution is 2.27. The van der Waals surface area contributed by atoms with Gasteiger partial charge in [0, 0.05) is 11.3 Å². The number of halogens is 1. The molecule has 90 valence electrons. The van der Waals surface area contributed by atoms with Crippen molar-refractivity contribution in [2.75, 3.05) is 0 Å². The molecule has 0 saturated carbocycles. The molecule has 0 unspecified atom stereocenters. The molecule has 2 aromatic rings. The summed E-state index contributed by atoms with van der Waals surface area (Å²) >= 11 is 0. The van der Waals surface area contributed by atoms with Crippen molar-refractivity contribution in [3.8, 4) is 11.3 Å². The van der Waals surface area contributed by atoms with Crippen LogP contribution in [0.5, 0.6) is 0 Å². The maximum absolute atomic E-state index is 13.2. The van der Waals surface area contributed by atoms with E-state index in [0.717, 1.165) is 22.5 Å². The van der Waals surface area contributed by atoms with Crippen molar-refractivity contribution in [2.45, 2.75) is 33.6 Å². The summed E-state index contributed by atoms with van der Waals surface area (Å²) in [5, 5.41) is 7.39. The Labute approximate surface area is 101 Å². The van der Waals surface area contributed by atoms with Gasteiger partial charge in [0.2, 0.25) is 0 Å². The number of nitrogens with zero attached hydrogens (tertiary/aromatic N) is 1. The maximum Gasteiger partial charge on any atom is 0.126 e. The Bertz CT molecular complexity index is 541. The van der Waals surface area contributed by atoms with Crippen molar-refractivity contribution in [3.63, 3.8) is 0 Å². The minimum absolute atomic E-state index is 0.175. The summed E-state index contributed by atoms with van der Waals surface area (Å²) in [4.78, 5) is 0. The van der Waals surface area contributed by atoms with Crippen LogP contribution in [0.3, 0.4) is 0 Å². The third-order valence-corrected chi connectivity index (χ3v) is 3.06. The van der Waals surface area contributed by atoms with E-state index in [0.29, 0.717) is 11.5 Å². The van der Waals surface area contributed by atoms with Crippen molar-refractivity contribution in [3.05, 3.63) is 40.8 Å². The van der Waals surface area contributed by atoms with Gasteiger partial charge in [-0.25, -0.2) is 4.39 Å². The number of aromatic nitrogens is 2. The number of rotatable bonds is 2. The number of hydrogen-bond donors (Lipinski definition) is 1. The van der Waals surface area contributed by atoms with Gasteiger partial charge in [-0.3, -0.25) is 5.10 Å². The van der Waals surface area contributed by atoms with Gasteiger partial charge in [-0.2, -0.15) is 5.10 Å². The van der Waals surface area contributed by atoms with E-state index in [1.54, 1.807) is 13.0 Å². The average Bonchev–Trinajstić information content (AvgIpc) is 2.64. The topological polar surface area (TPSA) is 28.7 Å². The lowest BCUT2D eigenvalue weighted by molar-refractivity contribution is 0.618. The third kappa shape index (κ3) is 2.09. The normalized spacial score (nSPS) is 11.2. The molecule has 0 atom stereocenters. The Hall–Kier alpha value is -1.64. The number of nitrogens with one attached hydrogen (secondary N) is 1. The van der Waals surface area contributed by atoms with Gasteiger partial charge in [0.1, 0.15) is 5.82 Å². The van der Waals surface area contributed by atoms with E-state index in [-0.39, 0.29) is 5.82 Å². The molecule has 1 aromatic carbocycles. The predicted octanol–water partition coefficient (Wildman–Crippen LogP) is 3.96. The summed E-state index contributed by atoms with van der Waals surface area (Å²) in [6, 6.07) is 5.10. The van der Waals surface area contributed by atoms with Gasteiger partial charge in [0.15, 0.2) is 0 Å². The monoisotopic (exact) mass is 232 g/mol. The molecule has 0 radical (unpaired) electrons. The quantitative estimate of drug-likeness (QED) is 0.834. The lowest BCUT2D eigenvalue weighted by Gasteiger charge is -2.04. The highest BCUT2D eigenvalue weighted by molar-refractivity contribution is 5.64. The molecule has 0 aliphatic rings. The van der Waals surface area contributed by atoms with E-state index in [1.807, 2.05) is 13.0 Å². The summed E-state index contributed by atoms with van der Waals surface area (Å²) < 4.78 is 13.2. The molecule has 1 N–H and O–H groups in total. The molecule has 0 saturated heterocycles. The summed E-state index contributed by atoms with van der Waals surface area (Å²) in [6.07, 6.45) is 0. The lowest BCUT2D eigenvalue weighted by atomic mass is 10.0. The molecule has 1 heterocycles. The Morgan fingerprint density at radius 1 is 1.24 bits per heavy atom. The standard InChI is InChI=1S/C14H17FN2/c1-8(2)13-10(4)14(17-16-13)11-5-6-12(15)9(3)7-11/h5-8H,1-4H3,(H,16,17). The third-order valence-electron chi connectivity index (χ3n) is 3.06. The first-order chi connectivity index (χ1) is 8.00. The van der Waals surface area contributed by atoms with E-state index >= 15 is 0 Å². The Morgan fingerprint density at radius 2 is 1.94 bits per heavy atom. The van der Waals surface area contributed by atoms with Crippen LogP contribution in [0.1, 0.15) is 36.6 Å². The van der Waals surface area contributed by atoms with Crippen molar-refractivity contribution in [2.24, 2.45) is 0 Å². The van der Waals surface area contributed by atoms with E-state index < -0.39 is 0 Å². The second-order valence-corrected chi connectivity index (χ2v) is 4.73. The van der Waals surface area contributed by atoms with Crippen molar-refractivity contribution >= 4 is 0 Å². The molecule has 17 heavy (non-hydrogen) atoms. The molecular weight excluding hydrogens is 215 g/mol. The van der Waals surface area contributed by atoms with Gasteiger partial charge in [-0.15, -0.1) is 0 Å². The Balaban J connectivity index is 2.50. The van der Waals surface area contributed by atoms with Gasteiger partial charge in [-0.1, -0.05) is 13.8 Å². The molecule has 0 aliphatic carbocycles. The SMILES string of the molecule is Cc1cc(-c2n[nH]c(C(C)C)c2C)ccc1F. The molecule has 2 rings (SSSR count). The van der Waals surface area contributed by atoms with Crippen LogP contribution in [0.25, 0.3) is 11.3 Å². The van der Waals surface area contributed by atoms with Crippen molar-refractivity contribution < 1.29 is 4.39 Å². The van der Waals surface area contributed by atoms with E-state index in [2.05, 4.69) is 24.0 Å². The van der Waals surface area contributed by atoms with Crippen molar-refractivity contribution in [1.82, 2.24) is 10.2 Å². The minimum Gasteiger partial charge on any atom is -0.281 e. The summed E-state index contributed by atoms with van der Waals surface area (Å²) in [5.74, 6) is 0.240. The smallest absolute Gasteiger partial charge is 0.126 e. The second-order valence-electron chi connectivity index (χ2n) is 4.73. The van der Waals surface area contributed by atoms with Crippen LogP contribution in [0.4, 0.5) is 4.39 Å². The molecule has 0 spiro atoms. The predicted molar refractivity (Wildman–Crippen MR) is 67.5 cm³/mol. The van der Waals surface area contributed by atoms with Gasteiger partial charge in [-0.05, 0) is 49.1 Å². The summed E-state index contributed by atoms with van der Waals surface area (Å²) in [5.41, 5.74) is 4.81. The van der Waals surface area contributed by atoms with Crippen LogP contribution in [-0.4, -0.2) is 10.2 Å². The number of aryl methyl sites for hydroxylation is 1. The molecule has 0 aliphatic heterocycles. The summed E-state index contributed by atoms with van der Waals surface area (Å²) in [6.45, 7) is 8.07.